The average Bonchev–Trinajstić information content (AvgIpc) is 2.61. The van der Waals surface area contributed by atoms with E-state index in [1.54, 1.807) is 0 Å². The number of nitro groups is 1. The molecule has 1 aromatic carbocycles. The van der Waals surface area contributed by atoms with Crippen LogP contribution in [0.3, 0.4) is 0 Å². The van der Waals surface area contributed by atoms with Gasteiger partial charge in [-0.05, 0) is 26.0 Å². The van der Waals surface area contributed by atoms with Gasteiger partial charge in [0.25, 0.3) is 5.69 Å². The quantitative estimate of drug-likeness (QED) is 0.442. The molecule has 0 aliphatic carbocycles. The molecular weight excluding hydrogens is 388 g/mol. The van der Waals surface area contributed by atoms with Crippen molar-refractivity contribution in [1.82, 2.24) is 15.1 Å². The Hall–Kier alpha value is -2.79. The number of thiocarbonyl (C=S) groups is 1. The number of carbonyl (C=O) groups is 2. The minimum Gasteiger partial charge on any atom is -0.417 e. The molecule has 0 saturated carbocycles. The number of hydrogen-bond donors (Lipinski definition) is 1. The molecule has 11 heteroatoms. The van der Waals surface area contributed by atoms with E-state index < -0.39 is 16.3 Å². The SMILES string of the molecule is CC(C)NC(=O)CN1CCN(C(=O)OC(=S)Oc2ccc([N+](=O)[O-])cc2)CC1. The number of carbonyl (C=O) groups excluding carboxylic acids is 2. The highest BCUT2D eigenvalue weighted by atomic mass is 32.1. The van der Waals surface area contributed by atoms with Crippen molar-refractivity contribution < 1.29 is 24.0 Å². The van der Waals surface area contributed by atoms with Crippen molar-refractivity contribution in [1.29, 1.82) is 0 Å². The van der Waals surface area contributed by atoms with Gasteiger partial charge in [-0.2, -0.15) is 0 Å². The van der Waals surface area contributed by atoms with E-state index in [1.807, 2.05) is 18.7 Å². The molecule has 1 aliphatic rings. The van der Waals surface area contributed by atoms with Gasteiger partial charge in [-0.3, -0.25) is 19.8 Å². The first-order valence-corrected chi connectivity index (χ1v) is 9.10. The minimum absolute atomic E-state index is 0.0521. The molecule has 1 heterocycles. The van der Waals surface area contributed by atoms with Crippen LogP contribution >= 0.6 is 12.2 Å². The zero-order valence-electron chi connectivity index (χ0n) is 15.6. The Kier molecular flexibility index (Phi) is 7.64. The summed E-state index contributed by atoms with van der Waals surface area (Å²) in [4.78, 5) is 37.5. The summed E-state index contributed by atoms with van der Waals surface area (Å²) in [5, 5.41) is 13.1. The van der Waals surface area contributed by atoms with Crippen molar-refractivity contribution in [3.8, 4) is 5.75 Å². The number of hydrogen-bond acceptors (Lipinski definition) is 8. The monoisotopic (exact) mass is 410 g/mol. The van der Waals surface area contributed by atoms with Crippen LogP contribution in [-0.2, 0) is 9.53 Å². The van der Waals surface area contributed by atoms with Crippen LogP contribution in [0.1, 0.15) is 13.8 Å². The normalized spacial score (nSPS) is 14.5. The van der Waals surface area contributed by atoms with Gasteiger partial charge in [-0.25, -0.2) is 4.79 Å². The van der Waals surface area contributed by atoms with Crippen LogP contribution in [0.5, 0.6) is 5.75 Å². The van der Waals surface area contributed by atoms with Gasteiger partial charge in [0.2, 0.25) is 5.91 Å². The van der Waals surface area contributed by atoms with E-state index >= 15 is 0 Å². The predicted octanol–water partition coefficient (Wildman–Crippen LogP) is 1.54. The highest BCUT2D eigenvalue weighted by molar-refractivity contribution is 7.79. The van der Waals surface area contributed by atoms with E-state index in [-0.39, 0.29) is 29.9 Å². The summed E-state index contributed by atoms with van der Waals surface area (Å²) in [5.41, 5.74) is -0.0878. The van der Waals surface area contributed by atoms with E-state index in [0.717, 1.165) is 0 Å². The van der Waals surface area contributed by atoms with Crippen LogP contribution in [0.2, 0.25) is 0 Å². The number of nitro benzene ring substituents is 1. The third-order valence-corrected chi connectivity index (χ3v) is 4.03. The van der Waals surface area contributed by atoms with E-state index in [9.17, 15) is 19.7 Å². The van der Waals surface area contributed by atoms with Crippen LogP contribution in [0, 0.1) is 10.1 Å². The van der Waals surface area contributed by atoms with Crippen LogP contribution in [0.4, 0.5) is 10.5 Å². The zero-order valence-corrected chi connectivity index (χ0v) is 16.4. The number of benzene rings is 1. The number of piperazine rings is 1. The van der Waals surface area contributed by atoms with Gasteiger partial charge >= 0.3 is 11.3 Å². The molecule has 1 saturated heterocycles. The molecule has 1 aliphatic heterocycles. The summed E-state index contributed by atoms with van der Waals surface area (Å²) in [6.07, 6.45) is -0.641. The van der Waals surface area contributed by atoms with Gasteiger partial charge in [0, 0.05) is 56.6 Å². The van der Waals surface area contributed by atoms with Crippen LogP contribution in [0.25, 0.3) is 0 Å². The number of ether oxygens (including phenoxy) is 2. The second kappa shape index (κ2) is 9.95. The lowest BCUT2D eigenvalue weighted by Gasteiger charge is -2.33. The van der Waals surface area contributed by atoms with Crippen molar-refractivity contribution >= 4 is 35.1 Å². The number of amides is 2. The van der Waals surface area contributed by atoms with E-state index in [1.165, 1.54) is 29.2 Å². The predicted molar refractivity (Wildman–Crippen MR) is 104 cm³/mol. The summed E-state index contributed by atoms with van der Waals surface area (Å²) < 4.78 is 10.2. The van der Waals surface area contributed by atoms with Crippen LogP contribution < -0.4 is 10.1 Å². The fourth-order valence-corrected chi connectivity index (χ4v) is 2.72. The zero-order chi connectivity index (χ0) is 20.7. The molecule has 28 heavy (non-hydrogen) atoms. The molecule has 1 fully saturated rings. The Morgan fingerprint density at radius 3 is 2.36 bits per heavy atom. The van der Waals surface area contributed by atoms with Gasteiger partial charge in [-0.15, -0.1) is 0 Å². The smallest absolute Gasteiger partial charge is 0.417 e. The van der Waals surface area contributed by atoms with E-state index in [0.29, 0.717) is 26.2 Å². The number of nitrogens with zero attached hydrogens (tertiary/aromatic N) is 3. The number of non-ortho nitro benzene ring substituents is 1. The second-order valence-electron chi connectivity index (χ2n) is 6.46. The molecule has 0 bridgehead atoms. The third kappa shape index (κ3) is 6.74. The lowest BCUT2D eigenvalue weighted by atomic mass is 10.3. The molecule has 1 aromatic rings. The van der Waals surface area contributed by atoms with Crippen molar-refractivity contribution in [2.45, 2.75) is 19.9 Å². The van der Waals surface area contributed by atoms with E-state index in [4.69, 9.17) is 21.7 Å². The maximum Gasteiger partial charge on any atom is 0.418 e. The number of nitrogens with one attached hydrogen (secondary N) is 1. The van der Waals surface area contributed by atoms with Crippen LogP contribution in [0.15, 0.2) is 24.3 Å². The minimum atomic E-state index is -0.641. The molecule has 1 N–H and O–H groups in total. The van der Waals surface area contributed by atoms with E-state index in [2.05, 4.69) is 5.32 Å². The molecule has 152 valence electrons. The molecular formula is C17H22N4O6S. The topological polar surface area (TPSA) is 114 Å². The number of rotatable bonds is 5. The van der Waals surface area contributed by atoms with Crippen molar-refractivity contribution in [3.63, 3.8) is 0 Å². The Morgan fingerprint density at radius 2 is 1.82 bits per heavy atom. The van der Waals surface area contributed by atoms with Crippen LogP contribution in [-0.4, -0.2) is 70.7 Å². The fraction of sp³-hybridized carbons (Fsp3) is 0.471. The molecule has 0 atom stereocenters. The van der Waals surface area contributed by atoms with Gasteiger partial charge in [0.1, 0.15) is 5.75 Å². The molecule has 2 amide bonds. The fourth-order valence-electron chi connectivity index (χ4n) is 2.55. The van der Waals surface area contributed by atoms with Gasteiger partial charge in [0.05, 0.1) is 11.5 Å². The summed E-state index contributed by atoms with van der Waals surface area (Å²) in [6.45, 7) is 5.94. The first-order valence-electron chi connectivity index (χ1n) is 8.69. The first-order chi connectivity index (χ1) is 13.2. The average molecular weight is 410 g/mol. The van der Waals surface area contributed by atoms with Gasteiger partial charge in [-0.1, -0.05) is 0 Å². The molecule has 0 unspecified atom stereocenters. The highest BCUT2D eigenvalue weighted by Gasteiger charge is 2.25. The first kappa shape index (κ1) is 21.5. The van der Waals surface area contributed by atoms with Crippen molar-refractivity contribution in [2.75, 3.05) is 32.7 Å². The molecule has 0 spiro atoms. The third-order valence-electron chi connectivity index (χ3n) is 3.87. The molecule has 2 rings (SSSR count). The Morgan fingerprint density at radius 1 is 1.21 bits per heavy atom. The lowest BCUT2D eigenvalue weighted by Crippen LogP contribution is -2.52. The maximum absolute atomic E-state index is 12.2. The summed E-state index contributed by atoms with van der Waals surface area (Å²) in [5.74, 6) is 0.174. The summed E-state index contributed by atoms with van der Waals surface area (Å²) in [7, 11) is 0. The highest BCUT2D eigenvalue weighted by Crippen LogP contribution is 2.18. The maximum atomic E-state index is 12.2. The Bertz CT molecular complexity index is 732. The largest absolute Gasteiger partial charge is 0.418 e. The van der Waals surface area contributed by atoms with Gasteiger partial charge in [0.15, 0.2) is 0 Å². The summed E-state index contributed by atoms with van der Waals surface area (Å²) in [6, 6.07) is 5.32. The Labute approximate surface area is 167 Å². The summed E-state index contributed by atoms with van der Waals surface area (Å²) >= 11 is 4.90. The van der Waals surface area contributed by atoms with Crippen molar-refractivity contribution in [3.05, 3.63) is 34.4 Å². The second-order valence-corrected chi connectivity index (χ2v) is 6.79. The standard InChI is InChI=1S/C17H22N4O6S/c1-12(2)18-15(22)11-19-7-9-20(10-8-19)16(23)27-17(28)26-14-5-3-13(4-6-14)21(24)25/h3-6,12H,7-11H2,1-2H3,(H,18,22). The van der Waals surface area contributed by atoms with Gasteiger partial charge < -0.3 is 19.7 Å². The molecule has 0 aromatic heterocycles. The molecule has 10 nitrogen and oxygen atoms in total. The van der Waals surface area contributed by atoms with Crippen molar-refractivity contribution in [2.24, 2.45) is 0 Å². The lowest BCUT2D eigenvalue weighted by molar-refractivity contribution is -0.384. The molecule has 0 radical (unpaired) electrons. The Balaban J connectivity index is 1.75.